The van der Waals surface area contributed by atoms with Crippen LogP contribution in [-0.2, 0) is 17.3 Å². The molecule has 3 rings (SSSR count). The molecule has 152 valence electrons. The van der Waals surface area contributed by atoms with Crippen LogP contribution in [0, 0.1) is 11.8 Å². The number of piperidine rings is 1. The van der Waals surface area contributed by atoms with Gasteiger partial charge in [-0.05, 0) is 69.3 Å². The summed E-state index contributed by atoms with van der Waals surface area (Å²) in [6.07, 6.45) is -0.0539. The van der Waals surface area contributed by atoms with E-state index in [0.29, 0.717) is 12.3 Å². The lowest BCUT2D eigenvalue weighted by Gasteiger charge is -2.34. The maximum Gasteiger partial charge on any atom is 0.416 e. The Bertz CT molecular complexity index is 579. The molecule has 27 heavy (non-hydrogen) atoms. The van der Waals surface area contributed by atoms with Crippen LogP contribution in [-0.4, -0.2) is 62.8 Å². The van der Waals surface area contributed by atoms with Crippen LogP contribution in [0.5, 0.6) is 0 Å². The summed E-state index contributed by atoms with van der Waals surface area (Å²) in [5.41, 5.74) is 0.222. The quantitative estimate of drug-likeness (QED) is 0.709. The summed E-state index contributed by atoms with van der Waals surface area (Å²) in [6, 6.07) is 5.73. The highest BCUT2D eigenvalue weighted by atomic mass is 19.4. The highest BCUT2D eigenvalue weighted by Gasteiger charge is 2.30. The number of hydrogen-bond acceptors (Lipinski definition) is 3. The molecular formula is C21H31F3N2O. The van der Waals surface area contributed by atoms with Gasteiger partial charge >= 0.3 is 6.18 Å². The van der Waals surface area contributed by atoms with Crippen molar-refractivity contribution in [3.63, 3.8) is 0 Å². The average Bonchev–Trinajstić information content (AvgIpc) is 3.13. The molecule has 0 bridgehead atoms. The molecule has 1 aromatic carbocycles. The van der Waals surface area contributed by atoms with E-state index in [9.17, 15) is 13.2 Å². The van der Waals surface area contributed by atoms with Gasteiger partial charge < -0.3 is 14.5 Å². The highest BCUT2D eigenvalue weighted by Crippen LogP contribution is 2.29. The third-order valence-corrected chi connectivity index (χ3v) is 5.84. The second-order valence-electron chi connectivity index (χ2n) is 8.18. The zero-order valence-corrected chi connectivity index (χ0v) is 16.2. The fourth-order valence-corrected chi connectivity index (χ4v) is 4.27. The molecule has 1 aromatic rings. The standard InChI is InChI=1S/C21H31F3N2O/c1-25(15-19-8-12-27-16-19)14-18-6-10-26(11-7-18)9-5-17-3-2-4-20(13-17)21(22,23)24/h2-4,13,18-19H,5-12,14-16H2,1H3. The van der Waals surface area contributed by atoms with Gasteiger partial charge in [-0.2, -0.15) is 13.2 Å². The molecule has 0 aliphatic carbocycles. The van der Waals surface area contributed by atoms with E-state index in [1.165, 1.54) is 31.4 Å². The van der Waals surface area contributed by atoms with Crippen molar-refractivity contribution in [2.24, 2.45) is 11.8 Å². The average molecular weight is 384 g/mol. The molecule has 1 atom stereocenters. The maximum atomic E-state index is 12.8. The first-order valence-corrected chi connectivity index (χ1v) is 10.0. The predicted molar refractivity (Wildman–Crippen MR) is 101 cm³/mol. The van der Waals surface area contributed by atoms with Crippen molar-refractivity contribution >= 4 is 0 Å². The normalized spacial score (nSPS) is 22.6. The number of ether oxygens (including phenoxy) is 1. The van der Waals surface area contributed by atoms with E-state index in [2.05, 4.69) is 16.8 Å². The third-order valence-electron chi connectivity index (χ3n) is 5.84. The second kappa shape index (κ2) is 9.39. The van der Waals surface area contributed by atoms with Crippen LogP contribution in [0.4, 0.5) is 13.2 Å². The lowest BCUT2D eigenvalue weighted by atomic mass is 9.95. The number of rotatable bonds is 7. The molecule has 2 fully saturated rings. The first kappa shape index (κ1) is 20.6. The molecule has 2 aliphatic rings. The van der Waals surface area contributed by atoms with Crippen molar-refractivity contribution in [1.82, 2.24) is 9.80 Å². The van der Waals surface area contributed by atoms with Gasteiger partial charge in [-0.3, -0.25) is 0 Å². The van der Waals surface area contributed by atoms with Gasteiger partial charge in [0, 0.05) is 26.2 Å². The minimum Gasteiger partial charge on any atom is -0.381 e. The van der Waals surface area contributed by atoms with Gasteiger partial charge in [0.2, 0.25) is 0 Å². The maximum absolute atomic E-state index is 12.8. The first-order valence-electron chi connectivity index (χ1n) is 10.0. The van der Waals surface area contributed by atoms with Crippen LogP contribution in [0.15, 0.2) is 24.3 Å². The lowest BCUT2D eigenvalue weighted by molar-refractivity contribution is -0.137. The molecule has 0 radical (unpaired) electrons. The topological polar surface area (TPSA) is 15.7 Å². The molecule has 6 heteroatoms. The number of benzene rings is 1. The highest BCUT2D eigenvalue weighted by molar-refractivity contribution is 5.25. The smallest absolute Gasteiger partial charge is 0.381 e. The Hall–Kier alpha value is -1.11. The third kappa shape index (κ3) is 6.47. The van der Waals surface area contributed by atoms with Gasteiger partial charge in [-0.15, -0.1) is 0 Å². The van der Waals surface area contributed by atoms with Crippen molar-refractivity contribution in [1.29, 1.82) is 0 Å². The summed E-state index contributed by atoms with van der Waals surface area (Å²) < 4.78 is 43.9. The van der Waals surface area contributed by atoms with Crippen LogP contribution in [0.1, 0.15) is 30.4 Å². The number of nitrogens with zero attached hydrogens (tertiary/aromatic N) is 2. The predicted octanol–water partition coefficient (Wildman–Crippen LogP) is 3.93. The SMILES string of the molecule is CN(CC1CCN(CCc2cccc(C(F)(F)F)c2)CC1)CC1CCOC1. The molecular weight excluding hydrogens is 353 g/mol. The van der Waals surface area contributed by atoms with E-state index in [1.54, 1.807) is 6.07 Å². The van der Waals surface area contributed by atoms with Crippen LogP contribution >= 0.6 is 0 Å². The molecule has 0 saturated carbocycles. The summed E-state index contributed by atoms with van der Waals surface area (Å²) in [5.74, 6) is 1.41. The Balaban J connectivity index is 1.37. The summed E-state index contributed by atoms with van der Waals surface area (Å²) in [4.78, 5) is 4.84. The van der Waals surface area contributed by atoms with Gasteiger partial charge in [-0.1, -0.05) is 18.2 Å². The van der Waals surface area contributed by atoms with Crippen molar-refractivity contribution in [3.8, 4) is 0 Å². The Labute approximate surface area is 160 Å². The minimum absolute atomic E-state index is 0.547. The fourth-order valence-electron chi connectivity index (χ4n) is 4.27. The molecule has 0 N–H and O–H groups in total. The van der Waals surface area contributed by atoms with Crippen molar-refractivity contribution in [2.75, 3.05) is 53.0 Å². The van der Waals surface area contributed by atoms with E-state index in [4.69, 9.17) is 4.74 Å². The Morgan fingerprint density at radius 1 is 1.11 bits per heavy atom. The van der Waals surface area contributed by atoms with Crippen LogP contribution in [0.3, 0.4) is 0 Å². The molecule has 2 aliphatic heterocycles. The minimum atomic E-state index is -4.26. The summed E-state index contributed by atoms with van der Waals surface area (Å²) in [5, 5.41) is 0. The van der Waals surface area contributed by atoms with Gasteiger partial charge in [0.1, 0.15) is 0 Å². The molecule has 2 saturated heterocycles. The van der Waals surface area contributed by atoms with Crippen molar-refractivity contribution in [2.45, 2.75) is 31.9 Å². The number of halogens is 3. The van der Waals surface area contributed by atoms with E-state index < -0.39 is 11.7 Å². The van der Waals surface area contributed by atoms with Gasteiger partial charge in [-0.25, -0.2) is 0 Å². The van der Waals surface area contributed by atoms with Crippen molar-refractivity contribution in [3.05, 3.63) is 35.4 Å². The number of alkyl halides is 3. The monoisotopic (exact) mass is 384 g/mol. The van der Waals surface area contributed by atoms with Gasteiger partial charge in [0.05, 0.1) is 12.2 Å². The Morgan fingerprint density at radius 2 is 1.85 bits per heavy atom. The summed E-state index contributed by atoms with van der Waals surface area (Å²) in [7, 11) is 2.21. The zero-order valence-electron chi connectivity index (χ0n) is 16.2. The summed E-state index contributed by atoms with van der Waals surface area (Å²) in [6.45, 7) is 6.99. The van der Waals surface area contributed by atoms with E-state index in [0.717, 1.165) is 63.5 Å². The molecule has 0 aromatic heterocycles. The largest absolute Gasteiger partial charge is 0.416 e. The summed E-state index contributed by atoms with van der Waals surface area (Å²) >= 11 is 0. The van der Waals surface area contributed by atoms with E-state index in [1.807, 2.05) is 0 Å². The van der Waals surface area contributed by atoms with E-state index in [-0.39, 0.29) is 0 Å². The zero-order chi connectivity index (χ0) is 19.3. The Kier molecular flexibility index (Phi) is 7.17. The van der Waals surface area contributed by atoms with Crippen LogP contribution in [0.25, 0.3) is 0 Å². The molecule has 3 nitrogen and oxygen atoms in total. The fraction of sp³-hybridized carbons (Fsp3) is 0.714. The number of hydrogen-bond donors (Lipinski definition) is 0. The lowest BCUT2D eigenvalue weighted by Crippen LogP contribution is -2.39. The van der Waals surface area contributed by atoms with Gasteiger partial charge in [0.25, 0.3) is 0 Å². The van der Waals surface area contributed by atoms with Crippen LogP contribution < -0.4 is 0 Å². The molecule has 0 spiro atoms. The molecule has 1 unspecified atom stereocenters. The number of likely N-dealkylation sites (tertiary alicyclic amines) is 1. The van der Waals surface area contributed by atoms with Gasteiger partial charge in [0.15, 0.2) is 0 Å². The van der Waals surface area contributed by atoms with E-state index >= 15 is 0 Å². The first-order chi connectivity index (χ1) is 12.9. The molecule has 2 heterocycles. The van der Waals surface area contributed by atoms with Crippen molar-refractivity contribution < 1.29 is 17.9 Å². The second-order valence-corrected chi connectivity index (χ2v) is 8.18. The Morgan fingerprint density at radius 3 is 2.52 bits per heavy atom. The molecule has 0 amide bonds. The van der Waals surface area contributed by atoms with Crippen LogP contribution in [0.2, 0.25) is 0 Å².